The highest BCUT2D eigenvalue weighted by molar-refractivity contribution is 6.07. The molecule has 0 fully saturated rings. The normalized spacial score (nSPS) is 13.9. The van der Waals surface area contributed by atoms with Crippen molar-refractivity contribution in [2.24, 2.45) is 0 Å². The minimum absolute atomic E-state index is 0.108. The summed E-state index contributed by atoms with van der Waals surface area (Å²) in [6.07, 6.45) is 5.38. The van der Waals surface area contributed by atoms with E-state index in [1.54, 1.807) is 12.2 Å². The van der Waals surface area contributed by atoms with Gasteiger partial charge in [-0.25, -0.2) is 0 Å². The third-order valence-electron chi connectivity index (χ3n) is 2.10. The average molecular weight is 157 g/mol. The van der Waals surface area contributed by atoms with Crippen LogP contribution in [0.1, 0.15) is 21.5 Å². The summed E-state index contributed by atoms with van der Waals surface area (Å²) in [7, 11) is 0. The third-order valence-corrected chi connectivity index (χ3v) is 2.10. The number of carbonyl (C=O) groups is 1. The minimum Gasteiger partial charge on any atom is -0.265 e. The maximum atomic E-state index is 11.3. The lowest BCUT2D eigenvalue weighted by molar-refractivity contribution is 0.104. The van der Waals surface area contributed by atoms with Gasteiger partial charge in [0.2, 0.25) is 0 Å². The first-order valence-corrected chi connectivity index (χ1v) is 3.94. The predicted molar refractivity (Wildman–Crippen MR) is 48.1 cm³/mol. The zero-order chi connectivity index (χ0) is 8.55. The number of allylic oxidation sites excluding steroid dienone is 2. The Morgan fingerprint density at radius 1 is 1.33 bits per heavy atom. The van der Waals surface area contributed by atoms with Gasteiger partial charge < -0.3 is 0 Å². The molecule has 1 aromatic carbocycles. The van der Waals surface area contributed by atoms with Crippen LogP contribution in [-0.4, -0.2) is 5.78 Å². The van der Waals surface area contributed by atoms with Gasteiger partial charge in [-0.3, -0.25) is 4.79 Å². The summed E-state index contributed by atoms with van der Waals surface area (Å²) in [6.45, 7) is 2.02. The Bertz CT molecular complexity index is 361. The molecule has 0 spiro atoms. The molecule has 0 bridgehead atoms. The molecule has 12 heavy (non-hydrogen) atoms. The van der Waals surface area contributed by atoms with Crippen LogP contribution in [0.15, 0.2) is 30.4 Å². The van der Waals surface area contributed by atoms with Crippen LogP contribution in [0.4, 0.5) is 0 Å². The lowest BCUT2D eigenvalue weighted by Gasteiger charge is -2.03. The van der Waals surface area contributed by atoms with E-state index in [0.717, 1.165) is 16.7 Å². The molecule has 2 rings (SSSR count). The van der Waals surface area contributed by atoms with Crippen LogP contribution in [0.5, 0.6) is 0 Å². The van der Waals surface area contributed by atoms with Crippen LogP contribution in [0.3, 0.4) is 0 Å². The van der Waals surface area contributed by atoms with E-state index in [1.165, 1.54) is 0 Å². The van der Waals surface area contributed by atoms with E-state index in [2.05, 4.69) is 0 Å². The van der Waals surface area contributed by atoms with Crippen LogP contribution in [0.25, 0.3) is 0 Å². The molecular formula is C11H9O+. The van der Waals surface area contributed by atoms with Crippen LogP contribution < -0.4 is 0 Å². The van der Waals surface area contributed by atoms with Crippen molar-refractivity contribution >= 4 is 5.78 Å². The molecule has 0 saturated carbocycles. The predicted octanol–water partition coefficient (Wildman–Crippen LogP) is 2.30. The van der Waals surface area contributed by atoms with Gasteiger partial charge in [0.05, 0.1) is 6.08 Å². The van der Waals surface area contributed by atoms with E-state index in [9.17, 15) is 4.79 Å². The summed E-state index contributed by atoms with van der Waals surface area (Å²) in [5.74, 6) is 0.108. The van der Waals surface area contributed by atoms with Crippen LogP contribution >= 0.6 is 0 Å². The zero-order valence-corrected chi connectivity index (χ0v) is 6.87. The summed E-state index contributed by atoms with van der Waals surface area (Å²) in [6, 6.07) is 5.80. The number of ketones is 1. The molecule has 0 N–H and O–H groups in total. The van der Waals surface area contributed by atoms with Gasteiger partial charge in [-0.2, -0.15) is 0 Å². The standard InChI is InChI=1S/C11H9O/c1-8-4-2-6-10-9(8)5-3-7-11(10)12/h2-7H,1H3/q+1. The monoisotopic (exact) mass is 157 g/mol. The Labute approximate surface area is 71.7 Å². The van der Waals surface area contributed by atoms with Gasteiger partial charge in [-0.05, 0) is 25.1 Å². The van der Waals surface area contributed by atoms with Crippen molar-refractivity contribution < 1.29 is 4.79 Å². The summed E-state index contributed by atoms with van der Waals surface area (Å²) in [4.78, 5) is 11.3. The van der Waals surface area contributed by atoms with Crippen molar-refractivity contribution in [3.63, 3.8) is 0 Å². The molecule has 0 saturated heterocycles. The summed E-state index contributed by atoms with van der Waals surface area (Å²) in [5.41, 5.74) is 3.03. The first-order valence-electron chi connectivity index (χ1n) is 3.94. The second-order valence-corrected chi connectivity index (χ2v) is 2.93. The molecule has 0 aromatic heterocycles. The van der Waals surface area contributed by atoms with Crippen molar-refractivity contribution in [1.82, 2.24) is 0 Å². The third kappa shape index (κ3) is 0.944. The number of benzene rings is 1. The Morgan fingerprint density at radius 2 is 2.17 bits per heavy atom. The van der Waals surface area contributed by atoms with Crippen molar-refractivity contribution in [2.75, 3.05) is 0 Å². The van der Waals surface area contributed by atoms with Crippen molar-refractivity contribution in [3.05, 3.63) is 53.5 Å². The molecule has 1 nitrogen and oxygen atoms in total. The van der Waals surface area contributed by atoms with Gasteiger partial charge in [0.15, 0.2) is 0 Å². The fourth-order valence-corrected chi connectivity index (χ4v) is 1.44. The Kier molecular flexibility index (Phi) is 1.51. The summed E-state index contributed by atoms with van der Waals surface area (Å²) in [5, 5.41) is 0. The largest absolute Gasteiger partial charge is 0.267 e. The molecule has 0 unspecified atom stereocenters. The Hall–Kier alpha value is -1.50. The second kappa shape index (κ2) is 2.52. The van der Waals surface area contributed by atoms with Crippen molar-refractivity contribution in [3.8, 4) is 0 Å². The van der Waals surface area contributed by atoms with Gasteiger partial charge >= 0.3 is 0 Å². The van der Waals surface area contributed by atoms with E-state index in [4.69, 9.17) is 0 Å². The van der Waals surface area contributed by atoms with E-state index >= 15 is 0 Å². The molecule has 0 heterocycles. The van der Waals surface area contributed by atoms with Gasteiger partial charge in [0.1, 0.15) is 11.1 Å². The molecule has 0 amide bonds. The van der Waals surface area contributed by atoms with Gasteiger partial charge in [-0.15, -0.1) is 0 Å². The number of aryl methyl sites for hydroxylation is 1. The van der Waals surface area contributed by atoms with Gasteiger partial charge in [0, 0.05) is 18.1 Å². The second-order valence-electron chi connectivity index (χ2n) is 2.93. The topological polar surface area (TPSA) is 17.1 Å². The highest BCUT2D eigenvalue weighted by Crippen LogP contribution is 2.21. The summed E-state index contributed by atoms with van der Waals surface area (Å²) >= 11 is 0. The molecule has 0 aliphatic heterocycles. The number of rotatable bonds is 0. The van der Waals surface area contributed by atoms with Crippen LogP contribution in [-0.2, 0) is 0 Å². The van der Waals surface area contributed by atoms with Gasteiger partial charge in [-0.1, -0.05) is 0 Å². The number of carbonyl (C=O) groups excluding carboxylic acids is 1. The maximum absolute atomic E-state index is 11.3. The van der Waals surface area contributed by atoms with Crippen LogP contribution in [0.2, 0.25) is 0 Å². The minimum atomic E-state index is 0.108. The van der Waals surface area contributed by atoms with Gasteiger partial charge in [0.25, 0.3) is 5.78 Å². The Morgan fingerprint density at radius 3 is 2.92 bits per heavy atom. The lowest BCUT2D eigenvalue weighted by atomic mass is 9.92. The smallest absolute Gasteiger partial charge is 0.265 e. The zero-order valence-electron chi connectivity index (χ0n) is 6.87. The van der Waals surface area contributed by atoms with E-state index in [1.807, 2.05) is 31.5 Å². The van der Waals surface area contributed by atoms with Crippen molar-refractivity contribution in [1.29, 1.82) is 0 Å². The molecule has 1 heteroatoms. The van der Waals surface area contributed by atoms with Crippen molar-refractivity contribution in [2.45, 2.75) is 6.92 Å². The molecular weight excluding hydrogens is 148 g/mol. The Balaban J connectivity index is 2.65. The molecule has 1 aliphatic carbocycles. The highest BCUT2D eigenvalue weighted by Gasteiger charge is 2.21. The maximum Gasteiger partial charge on any atom is 0.267 e. The van der Waals surface area contributed by atoms with E-state index in [0.29, 0.717) is 0 Å². The van der Waals surface area contributed by atoms with E-state index < -0.39 is 0 Å². The number of fused-ring (bicyclic) bond motifs is 1. The summed E-state index contributed by atoms with van der Waals surface area (Å²) < 4.78 is 0. The first kappa shape index (κ1) is 7.17. The fraction of sp³-hybridized carbons (Fsp3) is 0.0909. The first-order chi connectivity index (χ1) is 5.79. The molecule has 1 aromatic rings. The molecule has 0 radical (unpaired) electrons. The molecule has 0 atom stereocenters. The lowest BCUT2D eigenvalue weighted by Crippen LogP contribution is -2.05. The highest BCUT2D eigenvalue weighted by atomic mass is 16.1. The molecule has 1 aliphatic rings. The molecule has 58 valence electrons. The average Bonchev–Trinajstić information content (AvgIpc) is 2.07. The SMILES string of the molecule is Cc1cccc2c1[CH+]C=CC2=O. The quantitative estimate of drug-likeness (QED) is 0.528. The fourth-order valence-electron chi connectivity index (χ4n) is 1.44. The number of hydrogen-bond donors (Lipinski definition) is 0. The van der Waals surface area contributed by atoms with Crippen LogP contribution in [0, 0.1) is 13.3 Å². The van der Waals surface area contributed by atoms with E-state index in [-0.39, 0.29) is 5.78 Å². The number of hydrogen-bond acceptors (Lipinski definition) is 1.